The van der Waals surface area contributed by atoms with Crippen molar-refractivity contribution in [1.29, 1.82) is 0 Å². The third-order valence-electron chi connectivity index (χ3n) is 4.71. The minimum Gasteiger partial charge on any atom is -0.372 e. The Balaban J connectivity index is 1.37. The van der Waals surface area contributed by atoms with E-state index in [4.69, 9.17) is 4.74 Å². The summed E-state index contributed by atoms with van der Waals surface area (Å²) in [6.07, 6.45) is 3.63. The average Bonchev–Trinajstić information content (AvgIpc) is 3.17. The van der Waals surface area contributed by atoms with Crippen LogP contribution in [0.4, 0.5) is 11.5 Å². The number of nitrogens with zero attached hydrogens (tertiary/aromatic N) is 5. The molecule has 1 N–H and O–H groups in total. The van der Waals surface area contributed by atoms with Gasteiger partial charge in [-0.2, -0.15) is 0 Å². The molecule has 1 fully saturated rings. The summed E-state index contributed by atoms with van der Waals surface area (Å²) in [6.45, 7) is 6.28. The number of carbonyl (C=O) groups is 1. The van der Waals surface area contributed by atoms with E-state index in [0.29, 0.717) is 12.2 Å². The first-order valence-electron chi connectivity index (χ1n) is 9.68. The highest BCUT2D eigenvalue weighted by atomic mass is 16.5. The molecule has 8 heteroatoms. The Bertz CT molecular complexity index is 947. The van der Waals surface area contributed by atoms with Crippen molar-refractivity contribution in [3.63, 3.8) is 0 Å². The number of morpholine rings is 1. The van der Waals surface area contributed by atoms with Gasteiger partial charge in [0.1, 0.15) is 5.82 Å². The molecule has 2 aromatic heterocycles. The molecule has 150 valence electrons. The van der Waals surface area contributed by atoms with E-state index in [1.54, 1.807) is 17.1 Å². The first-order chi connectivity index (χ1) is 14.1. The van der Waals surface area contributed by atoms with Crippen LogP contribution in [0.1, 0.15) is 29.9 Å². The van der Waals surface area contributed by atoms with Gasteiger partial charge in [-0.1, -0.05) is 35.5 Å². The number of benzene rings is 1. The maximum Gasteiger partial charge on any atom is 0.277 e. The molecule has 3 heterocycles. The van der Waals surface area contributed by atoms with Gasteiger partial charge < -0.3 is 15.0 Å². The SMILES string of the molecule is C[C@@H]1CN(c2ccc(NC(=O)c3cn(Cc4ccccc4)nn3)cn2)C[C@@H](C)O1. The minimum absolute atomic E-state index is 0.165. The predicted octanol–water partition coefficient (Wildman–Crippen LogP) is 2.59. The Kier molecular flexibility index (Phi) is 5.53. The fourth-order valence-electron chi connectivity index (χ4n) is 3.46. The van der Waals surface area contributed by atoms with E-state index in [0.717, 1.165) is 24.5 Å². The third kappa shape index (κ3) is 4.78. The number of aromatic nitrogens is 4. The molecule has 1 aliphatic rings. The molecule has 0 unspecified atom stereocenters. The molecule has 0 aliphatic carbocycles. The highest BCUT2D eigenvalue weighted by Gasteiger charge is 2.23. The van der Waals surface area contributed by atoms with Gasteiger partial charge in [0.25, 0.3) is 5.91 Å². The first kappa shape index (κ1) is 19.1. The van der Waals surface area contributed by atoms with Crippen LogP contribution < -0.4 is 10.2 Å². The molecule has 0 spiro atoms. The van der Waals surface area contributed by atoms with Crippen molar-refractivity contribution in [3.05, 3.63) is 66.1 Å². The molecule has 29 heavy (non-hydrogen) atoms. The predicted molar refractivity (Wildman–Crippen MR) is 110 cm³/mol. The van der Waals surface area contributed by atoms with Gasteiger partial charge in [-0.05, 0) is 31.5 Å². The zero-order valence-electron chi connectivity index (χ0n) is 16.5. The second kappa shape index (κ2) is 8.40. The van der Waals surface area contributed by atoms with Crippen molar-refractivity contribution in [2.24, 2.45) is 0 Å². The van der Waals surface area contributed by atoms with Gasteiger partial charge in [0.15, 0.2) is 5.69 Å². The molecule has 2 atom stereocenters. The summed E-state index contributed by atoms with van der Waals surface area (Å²) < 4.78 is 7.41. The van der Waals surface area contributed by atoms with Gasteiger partial charge in [-0.3, -0.25) is 4.79 Å². The number of nitrogens with one attached hydrogen (secondary N) is 1. The topological polar surface area (TPSA) is 85.2 Å². The Morgan fingerprint density at radius 1 is 1.14 bits per heavy atom. The largest absolute Gasteiger partial charge is 0.372 e. The van der Waals surface area contributed by atoms with Gasteiger partial charge in [-0.25, -0.2) is 9.67 Å². The Morgan fingerprint density at radius 2 is 1.90 bits per heavy atom. The summed E-state index contributed by atoms with van der Waals surface area (Å²) in [4.78, 5) is 19.2. The molecule has 1 aromatic carbocycles. The molecule has 1 amide bonds. The Morgan fingerprint density at radius 3 is 2.59 bits per heavy atom. The first-order valence-corrected chi connectivity index (χ1v) is 9.68. The van der Waals surface area contributed by atoms with Gasteiger partial charge in [0.2, 0.25) is 0 Å². The maximum absolute atomic E-state index is 12.5. The van der Waals surface area contributed by atoms with Crippen molar-refractivity contribution in [2.45, 2.75) is 32.6 Å². The van der Waals surface area contributed by atoms with Crippen molar-refractivity contribution in [1.82, 2.24) is 20.0 Å². The fourth-order valence-corrected chi connectivity index (χ4v) is 3.46. The summed E-state index contributed by atoms with van der Waals surface area (Å²) in [5.74, 6) is 0.561. The van der Waals surface area contributed by atoms with Gasteiger partial charge in [0.05, 0.1) is 36.8 Å². The van der Waals surface area contributed by atoms with E-state index in [-0.39, 0.29) is 23.8 Å². The van der Waals surface area contributed by atoms with Crippen molar-refractivity contribution >= 4 is 17.4 Å². The molecular formula is C21H24N6O2. The standard InChI is InChI=1S/C21H24N6O2/c1-15-11-26(12-16(2)29-15)20-9-8-18(10-22-20)23-21(28)19-14-27(25-24-19)13-17-6-4-3-5-7-17/h3-10,14-16H,11-13H2,1-2H3,(H,23,28)/t15-,16-/m1/s1. The van der Waals surface area contributed by atoms with E-state index in [9.17, 15) is 4.79 Å². The number of hydrogen-bond acceptors (Lipinski definition) is 6. The molecule has 1 aliphatic heterocycles. The highest BCUT2D eigenvalue weighted by molar-refractivity contribution is 6.02. The number of rotatable bonds is 5. The third-order valence-corrected chi connectivity index (χ3v) is 4.71. The maximum atomic E-state index is 12.5. The van der Waals surface area contributed by atoms with E-state index >= 15 is 0 Å². The fraction of sp³-hybridized carbons (Fsp3) is 0.333. The monoisotopic (exact) mass is 392 g/mol. The van der Waals surface area contributed by atoms with Crippen LogP contribution >= 0.6 is 0 Å². The van der Waals surface area contributed by atoms with Crippen LogP contribution in [0.5, 0.6) is 0 Å². The van der Waals surface area contributed by atoms with E-state index < -0.39 is 0 Å². The molecule has 1 saturated heterocycles. The second-order valence-electron chi connectivity index (χ2n) is 7.31. The van der Waals surface area contributed by atoms with Crippen LogP contribution in [0.25, 0.3) is 0 Å². The van der Waals surface area contributed by atoms with Crippen LogP contribution in [-0.2, 0) is 11.3 Å². The van der Waals surface area contributed by atoms with Crippen molar-refractivity contribution < 1.29 is 9.53 Å². The lowest BCUT2D eigenvalue weighted by molar-refractivity contribution is -0.00545. The Hall–Kier alpha value is -3.26. The summed E-state index contributed by atoms with van der Waals surface area (Å²) in [5, 5.41) is 10.8. The van der Waals surface area contributed by atoms with Crippen LogP contribution in [-0.4, -0.2) is 51.2 Å². The molecule has 0 radical (unpaired) electrons. The minimum atomic E-state index is -0.313. The molecule has 0 bridgehead atoms. The van der Waals surface area contributed by atoms with Crippen molar-refractivity contribution in [2.75, 3.05) is 23.3 Å². The van der Waals surface area contributed by atoms with Crippen LogP contribution in [0.3, 0.4) is 0 Å². The van der Waals surface area contributed by atoms with Gasteiger partial charge in [0, 0.05) is 13.1 Å². The molecule has 0 saturated carbocycles. The number of pyridine rings is 1. The van der Waals surface area contributed by atoms with E-state index in [1.165, 1.54) is 0 Å². The number of amides is 1. The smallest absolute Gasteiger partial charge is 0.277 e. The zero-order valence-corrected chi connectivity index (χ0v) is 16.5. The molecule has 8 nitrogen and oxygen atoms in total. The van der Waals surface area contributed by atoms with Crippen LogP contribution in [0.15, 0.2) is 54.9 Å². The average molecular weight is 392 g/mol. The van der Waals surface area contributed by atoms with Crippen molar-refractivity contribution in [3.8, 4) is 0 Å². The zero-order chi connectivity index (χ0) is 20.2. The Labute approximate surface area is 169 Å². The quantitative estimate of drug-likeness (QED) is 0.718. The number of anilines is 2. The number of hydrogen-bond donors (Lipinski definition) is 1. The highest BCUT2D eigenvalue weighted by Crippen LogP contribution is 2.20. The lowest BCUT2D eigenvalue weighted by Crippen LogP contribution is -2.45. The van der Waals surface area contributed by atoms with Crippen LogP contribution in [0.2, 0.25) is 0 Å². The lowest BCUT2D eigenvalue weighted by Gasteiger charge is -2.36. The summed E-state index contributed by atoms with van der Waals surface area (Å²) >= 11 is 0. The molecule has 4 rings (SSSR count). The lowest BCUT2D eigenvalue weighted by atomic mass is 10.2. The molecule has 3 aromatic rings. The molecular weight excluding hydrogens is 368 g/mol. The van der Waals surface area contributed by atoms with Crippen LogP contribution in [0, 0.1) is 0 Å². The normalized spacial score (nSPS) is 19.2. The second-order valence-corrected chi connectivity index (χ2v) is 7.31. The number of ether oxygens (including phenoxy) is 1. The summed E-state index contributed by atoms with van der Waals surface area (Å²) in [5.41, 5.74) is 1.97. The van der Waals surface area contributed by atoms with E-state index in [2.05, 4.69) is 39.4 Å². The number of carbonyl (C=O) groups excluding carboxylic acids is 1. The summed E-state index contributed by atoms with van der Waals surface area (Å²) in [7, 11) is 0. The summed E-state index contributed by atoms with van der Waals surface area (Å²) in [6, 6.07) is 13.7. The van der Waals surface area contributed by atoms with E-state index in [1.807, 2.05) is 42.5 Å². The van der Waals surface area contributed by atoms with Gasteiger partial charge >= 0.3 is 0 Å². The van der Waals surface area contributed by atoms with Gasteiger partial charge in [-0.15, -0.1) is 5.10 Å².